The molecule has 1 saturated heterocycles. The Morgan fingerprint density at radius 1 is 1.31 bits per heavy atom. The molecular formula is C11H16N2. The van der Waals surface area contributed by atoms with Crippen LogP contribution < -0.4 is 5.32 Å². The van der Waals surface area contributed by atoms with Crippen molar-refractivity contribution in [2.24, 2.45) is 17.3 Å². The number of rotatable bonds is 0. The molecule has 0 radical (unpaired) electrons. The Hall–Kier alpha value is -0.550. The molecule has 4 unspecified atom stereocenters. The van der Waals surface area contributed by atoms with Gasteiger partial charge < -0.3 is 5.32 Å². The first-order valence-corrected chi connectivity index (χ1v) is 5.45. The van der Waals surface area contributed by atoms with Gasteiger partial charge in [-0.3, -0.25) is 0 Å². The molecule has 3 aliphatic rings. The maximum absolute atomic E-state index is 8.87. The first kappa shape index (κ1) is 7.82. The number of nitriles is 1. The standard InChI is InChI=1S/C11H16N2/c12-6-10-5-11(7-13-10)4-8-1-2-9(11)3-8/h8-10,13H,1-5,7H2. The Morgan fingerprint density at radius 2 is 2.23 bits per heavy atom. The van der Waals surface area contributed by atoms with Crippen molar-refractivity contribution in [3.05, 3.63) is 0 Å². The van der Waals surface area contributed by atoms with Crippen LogP contribution in [0.15, 0.2) is 0 Å². The highest BCUT2D eigenvalue weighted by atomic mass is 15.0. The Labute approximate surface area is 79.3 Å². The lowest BCUT2D eigenvalue weighted by atomic mass is 9.72. The van der Waals surface area contributed by atoms with Gasteiger partial charge in [-0.15, -0.1) is 0 Å². The summed E-state index contributed by atoms with van der Waals surface area (Å²) in [5.41, 5.74) is 0.545. The van der Waals surface area contributed by atoms with Crippen molar-refractivity contribution in [2.75, 3.05) is 6.54 Å². The maximum atomic E-state index is 8.87. The molecule has 1 aliphatic heterocycles. The molecule has 2 aliphatic carbocycles. The topological polar surface area (TPSA) is 35.8 Å². The third-order valence-electron chi connectivity index (χ3n) is 4.57. The van der Waals surface area contributed by atoms with Crippen LogP contribution in [-0.2, 0) is 0 Å². The van der Waals surface area contributed by atoms with E-state index in [4.69, 9.17) is 5.26 Å². The number of fused-ring (bicyclic) bond motifs is 3. The normalized spacial score (nSPS) is 53.0. The van der Waals surface area contributed by atoms with Crippen molar-refractivity contribution in [1.29, 1.82) is 5.26 Å². The van der Waals surface area contributed by atoms with Crippen LogP contribution >= 0.6 is 0 Å². The summed E-state index contributed by atoms with van der Waals surface area (Å²) in [6.45, 7) is 1.12. The zero-order chi connectivity index (χ0) is 8.89. The Morgan fingerprint density at radius 3 is 2.77 bits per heavy atom. The molecule has 1 heterocycles. The number of hydrogen-bond donors (Lipinski definition) is 1. The average Bonchev–Trinajstić information content (AvgIpc) is 2.80. The van der Waals surface area contributed by atoms with Gasteiger partial charge in [0.05, 0.1) is 12.1 Å². The third-order valence-corrected chi connectivity index (χ3v) is 4.57. The molecule has 3 rings (SSSR count). The van der Waals surface area contributed by atoms with Crippen LogP contribution in [0.2, 0.25) is 0 Å². The van der Waals surface area contributed by atoms with Crippen molar-refractivity contribution < 1.29 is 0 Å². The minimum atomic E-state index is 0.152. The van der Waals surface area contributed by atoms with Gasteiger partial charge in [0, 0.05) is 6.54 Å². The van der Waals surface area contributed by atoms with Crippen LogP contribution in [0.3, 0.4) is 0 Å². The molecule has 0 aromatic carbocycles. The third kappa shape index (κ3) is 0.971. The summed E-state index contributed by atoms with van der Waals surface area (Å²) >= 11 is 0. The van der Waals surface area contributed by atoms with E-state index in [1.54, 1.807) is 0 Å². The predicted molar refractivity (Wildman–Crippen MR) is 49.9 cm³/mol. The molecule has 3 fully saturated rings. The minimum absolute atomic E-state index is 0.152. The molecule has 2 bridgehead atoms. The maximum Gasteiger partial charge on any atom is 0.0959 e. The summed E-state index contributed by atoms with van der Waals surface area (Å²) in [7, 11) is 0. The fourth-order valence-electron chi connectivity index (χ4n) is 3.99. The summed E-state index contributed by atoms with van der Waals surface area (Å²) < 4.78 is 0. The highest BCUT2D eigenvalue weighted by molar-refractivity contribution is 5.10. The van der Waals surface area contributed by atoms with Crippen LogP contribution in [-0.4, -0.2) is 12.6 Å². The van der Waals surface area contributed by atoms with E-state index in [-0.39, 0.29) is 6.04 Å². The van der Waals surface area contributed by atoms with Gasteiger partial charge in [0.15, 0.2) is 0 Å². The van der Waals surface area contributed by atoms with Gasteiger partial charge in [-0.25, -0.2) is 0 Å². The molecule has 1 N–H and O–H groups in total. The molecule has 0 aromatic rings. The lowest BCUT2D eigenvalue weighted by molar-refractivity contribution is 0.187. The van der Waals surface area contributed by atoms with E-state index in [0.717, 1.165) is 24.8 Å². The smallest absolute Gasteiger partial charge is 0.0959 e. The van der Waals surface area contributed by atoms with Gasteiger partial charge in [0.2, 0.25) is 0 Å². The quantitative estimate of drug-likeness (QED) is 0.609. The number of nitrogens with zero attached hydrogens (tertiary/aromatic N) is 1. The van der Waals surface area contributed by atoms with Crippen LogP contribution in [0.25, 0.3) is 0 Å². The molecule has 2 heteroatoms. The van der Waals surface area contributed by atoms with Gasteiger partial charge in [-0.05, 0) is 42.9 Å². The lowest BCUT2D eigenvalue weighted by Crippen LogP contribution is -2.29. The van der Waals surface area contributed by atoms with E-state index >= 15 is 0 Å². The Bertz CT molecular complexity index is 268. The molecule has 0 amide bonds. The Kier molecular flexibility index (Phi) is 1.49. The van der Waals surface area contributed by atoms with Crippen LogP contribution in [0.4, 0.5) is 0 Å². The lowest BCUT2D eigenvalue weighted by Gasteiger charge is -2.32. The molecule has 13 heavy (non-hydrogen) atoms. The fourth-order valence-corrected chi connectivity index (χ4v) is 3.99. The van der Waals surface area contributed by atoms with Crippen molar-refractivity contribution in [2.45, 2.75) is 38.1 Å². The van der Waals surface area contributed by atoms with Crippen molar-refractivity contribution in [3.63, 3.8) is 0 Å². The second kappa shape index (κ2) is 2.48. The minimum Gasteiger partial charge on any atom is -0.301 e. The molecule has 70 valence electrons. The van der Waals surface area contributed by atoms with Gasteiger partial charge in [-0.1, -0.05) is 6.42 Å². The van der Waals surface area contributed by atoms with E-state index in [1.165, 1.54) is 25.7 Å². The number of nitrogens with one attached hydrogen (secondary N) is 1. The highest BCUT2D eigenvalue weighted by Gasteiger charge is 2.53. The molecule has 2 saturated carbocycles. The second-order valence-electron chi connectivity index (χ2n) is 5.21. The largest absolute Gasteiger partial charge is 0.301 e. The summed E-state index contributed by atoms with van der Waals surface area (Å²) in [6.07, 6.45) is 6.89. The van der Waals surface area contributed by atoms with E-state index in [9.17, 15) is 0 Å². The van der Waals surface area contributed by atoms with Gasteiger partial charge >= 0.3 is 0 Å². The van der Waals surface area contributed by atoms with Crippen molar-refractivity contribution in [3.8, 4) is 6.07 Å². The monoisotopic (exact) mass is 176 g/mol. The molecule has 4 atom stereocenters. The SMILES string of the molecule is N#CC1CC2(CN1)CC1CCC2C1. The van der Waals surface area contributed by atoms with E-state index in [2.05, 4.69) is 11.4 Å². The Balaban J connectivity index is 1.82. The second-order valence-corrected chi connectivity index (χ2v) is 5.21. The molecule has 2 nitrogen and oxygen atoms in total. The number of hydrogen-bond acceptors (Lipinski definition) is 2. The van der Waals surface area contributed by atoms with Crippen LogP contribution in [0.1, 0.15) is 32.1 Å². The summed E-state index contributed by atoms with van der Waals surface area (Å²) in [6, 6.07) is 2.52. The van der Waals surface area contributed by atoms with E-state index in [1.807, 2.05) is 0 Å². The van der Waals surface area contributed by atoms with Crippen molar-refractivity contribution in [1.82, 2.24) is 5.32 Å². The molecular weight excluding hydrogens is 160 g/mol. The highest BCUT2D eigenvalue weighted by Crippen LogP contribution is 2.59. The van der Waals surface area contributed by atoms with Crippen molar-refractivity contribution >= 4 is 0 Å². The zero-order valence-corrected chi connectivity index (χ0v) is 7.92. The zero-order valence-electron chi connectivity index (χ0n) is 7.92. The van der Waals surface area contributed by atoms with Gasteiger partial charge in [-0.2, -0.15) is 5.26 Å². The first-order valence-electron chi connectivity index (χ1n) is 5.45. The summed E-state index contributed by atoms with van der Waals surface area (Å²) in [5, 5.41) is 12.2. The van der Waals surface area contributed by atoms with E-state index in [0.29, 0.717) is 5.41 Å². The first-order chi connectivity index (χ1) is 6.32. The predicted octanol–water partition coefficient (Wildman–Crippen LogP) is 1.68. The van der Waals surface area contributed by atoms with Gasteiger partial charge in [0.1, 0.15) is 0 Å². The van der Waals surface area contributed by atoms with Crippen LogP contribution in [0.5, 0.6) is 0 Å². The molecule has 1 spiro atoms. The fraction of sp³-hybridized carbons (Fsp3) is 0.909. The van der Waals surface area contributed by atoms with Crippen LogP contribution in [0, 0.1) is 28.6 Å². The van der Waals surface area contributed by atoms with Gasteiger partial charge in [0.25, 0.3) is 0 Å². The summed E-state index contributed by atoms with van der Waals surface area (Å²) in [5.74, 6) is 1.95. The van der Waals surface area contributed by atoms with E-state index < -0.39 is 0 Å². The average molecular weight is 176 g/mol. The summed E-state index contributed by atoms with van der Waals surface area (Å²) in [4.78, 5) is 0. The molecule has 0 aromatic heterocycles.